The molecule has 1 atom stereocenters. The van der Waals surface area contributed by atoms with Crippen molar-refractivity contribution in [1.29, 1.82) is 0 Å². The van der Waals surface area contributed by atoms with Crippen molar-refractivity contribution in [2.24, 2.45) is 5.84 Å². The molecule has 1 heterocycles. The first-order valence-corrected chi connectivity index (χ1v) is 7.25. The summed E-state index contributed by atoms with van der Waals surface area (Å²) in [5.74, 6) is 6.78. The van der Waals surface area contributed by atoms with Crippen LogP contribution in [-0.4, -0.2) is 9.55 Å². The highest BCUT2D eigenvalue weighted by Crippen LogP contribution is 2.23. The lowest BCUT2D eigenvalue weighted by atomic mass is 9.99. The lowest BCUT2D eigenvalue weighted by Crippen LogP contribution is -2.31. The van der Waals surface area contributed by atoms with Gasteiger partial charge in [-0.25, -0.2) is 4.98 Å². The van der Waals surface area contributed by atoms with E-state index in [1.165, 1.54) is 0 Å². The normalized spacial score (nSPS) is 12.6. The fraction of sp³-hybridized carbons (Fsp3) is 0.400. The predicted octanol–water partition coefficient (Wildman–Crippen LogP) is 3.00. The second kappa shape index (κ2) is 6.88. The van der Waals surface area contributed by atoms with Gasteiger partial charge in [0.1, 0.15) is 5.82 Å². The van der Waals surface area contributed by atoms with Crippen LogP contribution in [0, 0.1) is 6.92 Å². The Morgan fingerprint density at radius 3 is 2.90 bits per heavy atom. The number of rotatable bonds is 6. The molecule has 20 heavy (non-hydrogen) atoms. The number of hydrogen-bond acceptors (Lipinski definition) is 3. The third-order valence-electron chi connectivity index (χ3n) is 3.46. The Hall–Kier alpha value is -1.36. The van der Waals surface area contributed by atoms with E-state index in [0.717, 1.165) is 41.4 Å². The predicted molar refractivity (Wildman–Crippen MR) is 82.5 cm³/mol. The molecule has 0 saturated heterocycles. The lowest BCUT2D eigenvalue weighted by molar-refractivity contribution is 0.515. The van der Waals surface area contributed by atoms with Crippen molar-refractivity contribution in [2.45, 2.75) is 39.3 Å². The number of nitrogens with one attached hydrogen (secondary N) is 1. The Morgan fingerprint density at radius 1 is 1.45 bits per heavy atom. The summed E-state index contributed by atoms with van der Waals surface area (Å²) in [7, 11) is 0. The van der Waals surface area contributed by atoms with E-state index in [4.69, 9.17) is 17.4 Å². The van der Waals surface area contributed by atoms with Crippen LogP contribution in [0.1, 0.15) is 36.3 Å². The van der Waals surface area contributed by atoms with E-state index < -0.39 is 0 Å². The molecule has 0 spiro atoms. The van der Waals surface area contributed by atoms with Crippen molar-refractivity contribution < 1.29 is 0 Å². The molecule has 0 fully saturated rings. The molecule has 0 aliphatic heterocycles. The Balaban J connectivity index is 2.22. The fourth-order valence-electron chi connectivity index (χ4n) is 2.45. The molecule has 1 aromatic carbocycles. The van der Waals surface area contributed by atoms with E-state index >= 15 is 0 Å². The van der Waals surface area contributed by atoms with Crippen molar-refractivity contribution in [1.82, 2.24) is 15.0 Å². The number of benzene rings is 1. The molecule has 108 valence electrons. The maximum atomic E-state index is 6.01. The van der Waals surface area contributed by atoms with Gasteiger partial charge in [-0.2, -0.15) is 0 Å². The van der Waals surface area contributed by atoms with Crippen LogP contribution < -0.4 is 11.3 Å². The van der Waals surface area contributed by atoms with Crippen LogP contribution in [0.5, 0.6) is 0 Å². The topological polar surface area (TPSA) is 55.9 Å². The zero-order chi connectivity index (χ0) is 14.5. The van der Waals surface area contributed by atoms with Crippen LogP contribution in [0.25, 0.3) is 0 Å². The Bertz CT molecular complexity index is 565. The quantitative estimate of drug-likeness (QED) is 0.636. The molecule has 4 nitrogen and oxygen atoms in total. The van der Waals surface area contributed by atoms with Crippen LogP contribution in [0.3, 0.4) is 0 Å². The number of halogens is 1. The average Bonchev–Trinajstić information content (AvgIpc) is 2.84. The van der Waals surface area contributed by atoms with E-state index in [0.29, 0.717) is 0 Å². The third-order valence-corrected chi connectivity index (χ3v) is 3.70. The van der Waals surface area contributed by atoms with Gasteiger partial charge >= 0.3 is 0 Å². The monoisotopic (exact) mass is 292 g/mol. The van der Waals surface area contributed by atoms with Crippen molar-refractivity contribution in [3.8, 4) is 0 Å². The summed E-state index contributed by atoms with van der Waals surface area (Å²) in [4.78, 5) is 4.44. The zero-order valence-electron chi connectivity index (χ0n) is 11.9. The van der Waals surface area contributed by atoms with Gasteiger partial charge in [-0.3, -0.25) is 11.3 Å². The molecule has 1 unspecified atom stereocenters. The van der Waals surface area contributed by atoms with E-state index in [1.54, 1.807) is 0 Å². The molecule has 2 rings (SSSR count). The summed E-state index contributed by atoms with van der Waals surface area (Å²) in [6, 6.07) is 5.91. The molecule has 0 radical (unpaired) electrons. The van der Waals surface area contributed by atoms with Gasteiger partial charge in [-0.1, -0.05) is 24.6 Å². The van der Waals surface area contributed by atoms with Gasteiger partial charge in [-0.05, 0) is 36.6 Å². The van der Waals surface area contributed by atoms with Crippen molar-refractivity contribution in [3.63, 3.8) is 0 Å². The fourth-order valence-corrected chi connectivity index (χ4v) is 2.67. The van der Waals surface area contributed by atoms with Gasteiger partial charge in [-0.15, -0.1) is 0 Å². The summed E-state index contributed by atoms with van der Waals surface area (Å²) in [6.07, 6.45) is 5.70. The van der Waals surface area contributed by atoms with Crippen LogP contribution >= 0.6 is 11.6 Å². The molecule has 0 amide bonds. The molecule has 2 aromatic rings. The van der Waals surface area contributed by atoms with E-state index in [-0.39, 0.29) is 6.04 Å². The first kappa shape index (κ1) is 15.0. The van der Waals surface area contributed by atoms with Gasteiger partial charge in [0.05, 0.1) is 6.04 Å². The van der Waals surface area contributed by atoms with Gasteiger partial charge in [0.15, 0.2) is 0 Å². The van der Waals surface area contributed by atoms with Gasteiger partial charge in [0.25, 0.3) is 0 Å². The first-order chi connectivity index (χ1) is 9.65. The summed E-state index contributed by atoms with van der Waals surface area (Å²) in [5, 5.41) is 0.745. The second-order valence-electron chi connectivity index (χ2n) is 4.96. The van der Waals surface area contributed by atoms with Crippen LogP contribution in [0.2, 0.25) is 5.02 Å². The number of hydrazine groups is 1. The summed E-state index contributed by atoms with van der Waals surface area (Å²) < 4.78 is 2.18. The number of aryl methyl sites for hydroxylation is 2. The summed E-state index contributed by atoms with van der Waals surface area (Å²) in [5.41, 5.74) is 5.18. The third kappa shape index (κ3) is 3.39. The molecular formula is C15H21ClN4. The summed E-state index contributed by atoms with van der Waals surface area (Å²) >= 11 is 6.01. The smallest absolute Gasteiger partial charge is 0.110 e. The largest absolute Gasteiger partial charge is 0.335 e. The highest BCUT2D eigenvalue weighted by atomic mass is 35.5. The molecule has 0 aliphatic rings. The molecule has 0 bridgehead atoms. The van der Waals surface area contributed by atoms with Gasteiger partial charge < -0.3 is 4.57 Å². The Kier molecular flexibility index (Phi) is 5.17. The summed E-state index contributed by atoms with van der Waals surface area (Å²) in [6.45, 7) is 5.18. The number of nitrogens with two attached hydrogens (primary N) is 1. The maximum Gasteiger partial charge on any atom is 0.110 e. The highest BCUT2D eigenvalue weighted by molar-refractivity contribution is 6.30. The minimum atomic E-state index is 0.0327. The number of aromatic nitrogens is 2. The Labute approximate surface area is 124 Å². The Morgan fingerprint density at radius 2 is 2.25 bits per heavy atom. The molecule has 0 saturated carbocycles. The first-order valence-electron chi connectivity index (χ1n) is 6.88. The van der Waals surface area contributed by atoms with E-state index in [1.807, 2.05) is 37.5 Å². The molecule has 1 aromatic heterocycles. The van der Waals surface area contributed by atoms with E-state index in [9.17, 15) is 0 Å². The van der Waals surface area contributed by atoms with Crippen molar-refractivity contribution in [3.05, 3.63) is 52.6 Å². The second-order valence-corrected chi connectivity index (χ2v) is 5.40. The SMILES string of the molecule is CCCn1ccnc1CC(NN)c1ccc(Cl)cc1C. The molecule has 0 aliphatic carbocycles. The minimum Gasteiger partial charge on any atom is -0.335 e. The highest BCUT2D eigenvalue weighted by Gasteiger charge is 2.16. The molecule has 3 N–H and O–H groups in total. The van der Waals surface area contributed by atoms with Gasteiger partial charge in [0.2, 0.25) is 0 Å². The maximum absolute atomic E-state index is 6.01. The molecular weight excluding hydrogens is 272 g/mol. The van der Waals surface area contributed by atoms with Gasteiger partial charge in [0, 0.05) is 30.4 Å². The lowest BCUT2D eigenvalue weighted by Gasteiger charge is -2.19. The number of nitrogens with zero attached hydrogens (tertiary/aromatic N) is 2. The van der Waals surface area contributed by atoms with Crippen molar-refractivity contribution in [2.75, 3.05) is 0 Å². The molecule has 5 heteroatoms. The zero-order valence-corrected chi connectivity index (χ0v) is 12.7. The average molecular weight is 293 g/mol. The number of hydrogen-bond donors (Lipinski definition) is 2. The minimum absolute atomic E-state index is 0.0327. The number of imidazole rings is 1. The van der Waals surface area contributed by atoms with Crippen LogP contribution in [-0.2, 0) is 13.0 Å². The van der Waals surface area contributed by atoms with Crippen LogP contribution in [0.4, 0.5) is 0 Å². The van der Waals surface area contributed by atoms with Crippen molar-refractivity contribution >= 4 is 11.6 Å². The standard InChI is InChI=1S/C15H21ClN4/c1-3-7-20-8-6-18-15(20)10-14(19-17)13-5-4-12(16)9-11(13)2/h4-6,8-9,14,19H,3,7,10,17H2,1-2H3. The van der Waals surface area contributed by atoms with E-state index in [2.05, 4.69) is 21.9 Å². The van der Waals surface area contributed by atoms with Crippen LogP contribution in [0.15, 0.2) is 30.6 Å².